The number of hydrogen-bond donors (Lipinski definition) is 0. The third kappa shape index (κ3) is 4.92. The van der Waals surface area contributed by atoms with Gasteiger partial charge in [0.05, 0.1) is 36.3 Å². The topological polar surface area (TPSA) is 67.3 Å². The molecule has 0 spiro atoms. The van der Waals surface area contributed by atoms with Gasteiger partial charge in [0.15, 0.2) is 0 Å². The minimum atomic E-state index is -0.227. The molecule has 2 aliphatic heterocycles. The van der Waals surface area contributed by atoms with Crippen LogP contribution in [0.2, 0.25) is 0 Å². The number of benzene rings is 1. The molecular formula is C24H27FN6O. The van der Waals surface area contributed by atoms with Crippen LogP contribution >= 0.6 is 0 Å². The van der Waals surface area contributed by atoms with E-state index in [1.807, 2.05) is 24.5 Å². The minimum absolute atomic E-state index is 0.205. The highest BCUT2D eigenvalue weighted by Gasteiger charge is 2.28. The second-order valence-electron chi connectivity index (χ2n) is 8.32. The van der Waals surface area contributed by atoms with E-state index in [0.29, 0.717) is 19.6 Å². The highest BCUT2D eigenvalue weighted by atomic mass is 19.1. The summed E-state index contributed by atoms with van der Waals surface area (Å²) in [4.78, 5) is 23.2. The number of ether oxygens (including phenoxy) is 1. The summed E-state index contributed by atoms with van der Waals surface area (Å²) in [5.41, 5.74) is 3.74. The molecule has 4 heterocycles. The van der Waals surface area contributed by atoms with E-state index in [2.05, 4.69) is 19.8 Å². The molecule has 32 heavy (non-hydrogen) atoms. The summed E-state index contributed by atoms with van der Waals surface area (Å²) in [6.07, 6.45) is 8.20. The quantitative estimate of drug-likeness (QED) is 0.590. The van der Waals surface area contributed by atoms with Gasteiger partial charge in [0, 0.05) is 44.6 Å². The summed E-state index contributed by atoms with van der Waals surface area (Å²) in [7, 11) is 0. The number of hydrogen-bond acceptors (Lipinski definition) is 7. The van der Waals surface area contributed by atoms with Crippen molar-refractivity contribution in [2.45, 2.75) is 31.8 Å². The fraction of sp³-hybridized carbons (Fsp3) is 0.417. The van der Waals surface area contributed by atoms with E-state index in [-0.39, 0.29) is 11.9 Å². The predicted octanol–water partition coefficient (Wildman–Crippen LogP) is 3.17. The van der Waals surface area contributed by atoms with Gasteiger partial charge in [0.1, 0.15) is 5.82 Å². The summed E-state index contributed by atoms with van der Waals surface area (Å²) in [6, 6.07) is 8.85. The molecule has 0 saturated carbocycles. The van der Waals surface area contributed by atoms with Crippen molar-refractivity contribution < 1.29 is 9.13 Å². The number of rotatable bonds is 6. The Hall–Kier alpha value is -2.97. The Morgan fingerprint density at radius 1 is 1.03 bits per heavy atom. The number of nitrogens with zero attached hydrogens (tertiary/aromatic N) is 6. The molecule has 2 aliphatic rings. The van der Waals surface area contributed by atoms with Crippen LogP contribution in [0, 0.1) is 5.82 Å². The molecule has 0 bridgehead atoms. The third-order valence-electron chi connectivity index (χ3n) is 6.04. The lowest BCUT2D eigenvalue weighted by Crippen LogP contribution is -2.37. The van der Waals surface area contributed by atoms with Gasteiger partial charge in [-0.3, -0.25) is 14.9 Å². The molecule has 8 heteroatoms. The van der Waals surface area contributed by atoms with Gasteiger partial charge in [-0.15, -0.1) is 0 Å². The lowest BCUT2D eigenvalue weighted by atomic mass is 10.1. The Kier molecular flexibility index (Phi) is 6.31. The van der Waals surface area contributed by atoms with Crippen LogP contribution in [-0.2, 0) is 17.7 Å². The van der Waals surface area contributed by atoms with Crippen molar-refractivity contribution in [2.24, 2.45) is 0 Å². The van der Waals surface area contributed by atoms with E-state index in [4.69, 9.17) is 14.7 Å². The molecule has 2 fully saturated rings. The Balaban J connectivity index is 1.30. The predicted molar refractivity (Wildman–Crippen MR) is 119 cm³/mol. The molecule has 2 aromatic heterocycles. The van der Waals surface area contributed by atoms with E-state index in [1.54, 1.807) is 18.3 Å². The number of likely N-dealkylation sites (tertiary alicyclic amines) is 1. The van der Waals surface area contributed by atoms with Gasteiger partial charge in [-0.1, -0.05) is 12.1 Å². The molecule has 0 N–H and O–H groups in total. The van der Waals surface area contributed by atoms with Crippen LogP contribution in [0.1, 0.15) is 41.5 Å². The fourth-order valence-electron chi connectivity index (χ4n) is 4.47. The zero-order valence-corrected chi connectivity index (χ0v) is 18.0. The summed E-state index contributed by atoms with van der Waals surface area (Å²) in [6.45, 7) is 4.82. The zero-order valence-electron chi connectivity index (χ0n) is 18.0. The van der Waals surface area contributed by atoms with Crippen molar-refractivity contribution in [3.8, 4) is 0 Å². The molecule has 0 amide bonds. The first-order valence-corrected chi connectivity index (χ1v) is 11.2. The van der Waals surface area contributed by atoms with Crippen LogP contribution in [0.15, 0.2) is 48.9 Å². The summed E-state index contributed by atoms with van der Waals surface area (Å²) < 4.78 is 19.0. The van der Waals surface area contributed by atoms with Crippen molar-refractivity contribution in [1.82, 2.24) is 24.8 Å². The van der Waals surface area contributed by atoms with Gasteiger partial charge >= 0.3 is 0 Å². The van der Waals surface area contributed by atoms with Crippen LogP contribution in [-0.4, -0.2) is 57.7 Å². The monoisotopic (exact) mass is 434 g/mol. The Morgan fingerprint density at radius 2 is 1.94 bits per heavy atom. The molecule has 2 saturated heterocycles. The molecule has 5 rings (SSSR count). The van der Waals surface area contributed by atoms with Gasteiger partial charge in [-0.2, -0.15) is 0 Å². The van der Waals surface area contributed by atoms with Crippen LogP contribution in [0.25, 0.3) is 0 Å². The number of anilines is 1. The van der Waals surface area contributed by atoms with Crippen LogP contribution in [0.4, 0.5) is 10.3 Å². The SMILES string of the molecule is Fc1cccc(Cc2cncc([C@H]3CCCN3Cc3ccnc(N4CCOCC4)n3)n2)c1. The van der Waals surface area contributed by atoms with Crippen molar-refractivity contribution in [3.63, 3.8) is 0 Å². The van der Waals surface area contributed by atoms with Gasteiger partial charge < -0.3 is 9.64 Å². The largest absolute Gasteiger partial charge is 0.378 e. The number of halogens is 1. The highest BCUT2D eigenvalue weighted by Crippen LogP contribution is 2.32. The third-order valence-corrected chi connectivity index (χ3v) is 6.04. The van der Waals surface area contributed by atoms with E-state index >= 15 is 0 Å². The Labute approximate surface area is 187 Å². The first kappa shape index (κ1) is 20.9. The molecule has 166 valence electrons. The molecule has 3 aromatic rings. The average Bonchev–Trinajstić information content (AvgIpc) is 3.28. The lowest BCUT2D eigenvalue weighted by molar-refractivity contribution is 0.122. The van der Waals surface area contributed by atoms with Crippen molar-refractivity contribution in [3.05, 3.63) is 77.4 Å². The minimum Gasteiger partial charge on any atom is -0.378 e. The van der Waals surface area contributed by atoms with E-state index in [0.717, 1.165) is 67.6 Å². The molecular weight excluding hydrogens is 407 g/mol. The number of morpholine rings is 1. The summed E-state index contributed by atoms with van der Waals surface area (Å²) >= 11 is 0. The van der Waals surface area contributed by atoms with Crippen LogP contribution in [0.5, 0.6) is 0 Å². The standard InChI is InChI=1S/C24H27FN6O/c25-19-4-1-3-18(13-19)14-21-15-26-16-22(28-21)23-5-2-8-31(23)17-20-6-7-27-24(29-20)30-9-11-32-12-10-30/h1,3-4,6-7,13,15-16,23H,2,5,8-12,14,17H2/t23-/m1/s1. The van der Waals surface area contributed by atoms with Gasteiger partial charge in [-0.05, 0) is 43.1 Å². The normalized spacial score (nSPS) is 19.4. The molecule has 7 nitrogen and oxygen atoms in total. The maximum atomic E-state index is 13.5. The van der Waals surface area contributed by atoms with Crippen LogP contribution < -0.4 is 4.90 Å². The summed E-state index contributed by atoms with van der Waals surface area (Å²) in [5.74, 6) is 0.549. The van der Waals surface area contributed by atoms with Crippen LogP contribution in [0.3, 0.4) is 0 Å². The second-order valence-corrected chi connectivity index (χ2v) is 8.32. The molecule has 1 atom stereocenters. The zero-order chi connectivity index (χ0) is 21.8. The average molecular weight is 435 g/mol. The Morgan fingerprint density at radius 3 is 2.81 bits per heavy atom. The summed E-state index contributed by atoms with van der Waals surface area (Å²) in [5, 5.41) is 0. The Bertz CT molecular complexity index is 1060. The first-order valence-electron chi connectivity index (χ1n) is 11.2. The molecule has 0 radical (unpaired) electrons. The van der Waals surface area contributed by atoms with E-state index in [1.165, 1.54) is 6.07 Å². The first-order chi connectivity index (χ1) is 15.7. The smallest absolute Gasteiger partial charge is 0.225 e. The van der Waals surface area contributed by atoms with Crippen molar-refractivity contribution >= 4 is 5.95 Å². The van der Waals surface area contributed by atoms with Gasteiger partial charge in [0.2, 0.25) is 5.95 Å². The van der Waals surface area contributed by atoms with Crippen molar-refractivity contribution in [1.29, 1.82) is 0 Å². The maximum Gasteiger partial charge on any atom is 0.225 e. The van der Waals surface area contributed by atoms with E-state index < -0.39 is 0 Å². The number of aromatic nitrogens is 4. The van der Waals surface area contributed by atoms with Crippen molar-refractivity contribution in [2.75, 3.05) is 37.7 Å². The molecule has 0 unspecified atom stereocenters. The fourth-order valence-corrected chi connectivity index (χ4v) is 4.47. The van der Waals surface area contributed by atoms with Gasteiger partial charge in [0.25, 0.3) is 0 Å². The molecule has 1 aromatic carbocycles. The van der Waals surface area contributed by atoms with E-state index in [9.17, 15) is 4.39 Å². The molecule has 0 aliphatic carbocycles. The highest BCUT2D eigenvalue weighted by molar-refractivity contribution is 5.31. The second kappa shape index (κ2) is 9.67. The van der Waals surface area contributed by atoms with Gasteiger partial charge in [-0.25, -0.2) is 14.4 Å². The lowest BCUT2D eigenvalue weighted by Gasteiger charge is -2.27. The maximum absolute atomic E-state index is 13.5.